The molecule has 0 aromatic heterocycles. The molecule has 0 fully saturated rings. The van der Waals surface area contributed by atoms with Gasteiger partial charge in [-0.1, -0.05) is 25.4 Å². The number of fused-ring (bicyclic) bond motifs is 1. The summed E-state index contributed by atoms with van der Waals surface area (Å²) in [7, 11) is 1.51. The number of oxime groups is 1. The lowest BCUT2D eigenvalue weighted by Gasteiger charge is -2.38. The highest BCUT2D eigenvalue weighted by Crippen LogP contribution is 2.38. The van der Waals surface area contributed by atoms with Crippen molar-refractivity contribution in [1.82, 2.24) is 0 Å². The third-order valence-corrected chi connectivity index (χ3v) is 3.62. The van der Waals surface area contributed by atoms with Crippen LogP contribution in [-0.4, -0.2) is 18.4 Å². The van der Waals surface area contributed by atoms with Crippen LogP contribution in [0.1, 0.15) is 45.1 Å². The molecule has 1 aliphatic rings. The molecule has 1 unspecified atom stereocenters. The highest BCUT2D eigenvalue weighted by atomic mass is 19.1. The molecule has 1 heterocycles. The molecule has 0 radical (unpaired) electrons. The van der Waals surface area contributed by atoms with Gasteiger partial charge in [-0.25, -0.2) is 4.39 Å². The van der Waals surface area contributed by atoms with E-state index in [2.05, 4.69) is 19.0 Å². The maximum Gasteiger partial charge on any atom is 0.129 e. The second-order valence-electron chi connectivity index (χ2n) is 4.93. The van der Waals surface area contributed by atoms with Crippen molar-refractivity contribution in [1.29, 1.82) is 0 Å². The maximum atomic E-state index is 13.4. The van der Waals surface area contributed by atoms with Gasteiger partial charge >= 0.3 is 0 Å². The fourth-order valence-corrected chi connectivity index (χ4v) is 2.65. The summed E-state index contributed by atoms with van der Waals surface area (Å²) in [5.41, 5.74) is 1.21. The first-order valence-corrected chi connectivity index (χ1v) is 6.73. The van der Waals surface area contributed by atoms with Gasteiger partial charge in [0.15, 0.2) is 0 Å². The molecule has 19 heavy (non-hydrogen) atoms. The summed E-state index contributed by atoms with van der Waals surface area (Å²) in [6.07, 6.45) is 3.52. The predicted octanol–water partition coefficient (Wildman–Crippen LogP) is 3.91. The number of nitrogens with zero attached hydrogens (tertiary/aromatic N) is 1. The summed E-state index contributed by atoms with van der Waals surface area (Å²) in [4.78, 5) is 4.90. The van der Waals surface area contributed by atoms with Crippen molar-refractivity contribution < 1.29 is 14.0 Å². The molecule has 0 N–H and O–H groups in total. The lowest BCUT2D eigenvalue weighted by atomic mass is 9.84. The average Bonchev–Trinajstić information content (AvgIpc) is 2.40. The highest BCUT2D eigenvalue weighted by Gasteiger charge is 2.37. The normalized spacial score (nSPS) is 23.9. The van der Waals surface area contributed by atoms with Gasteiger partial charge in [0.25, 0.3) is 0 Å². The Balaban J connectivity index is 2.46. The second kappa shape index (κ2) is 5.59. The third kappa shape index (κ3) is 2.72. The van der Waals surface area contributed by atoms with Crippen molar-refractivity contribution in [2.75, 3.05) is 7.11 Å². The molecule has 0 amide bonds. The van der Waals surface area contributed by atoms with Gasteiger partial charge in [-0.05, 0) is 31.0 Å². The number of hydrogen-bond donors (Lipinski definition) is 0. The van der Waals surface area contributed by atoms with Crippen molar-refractivity contribution in [2.45, 2.75) is 45.1 Å². The summed E-state index contributed by atoms with van der Waals surface area (Å²) in [5.74, 6) is 0.407. The molecule has 0 spiro atoms. The molecular formula is C15H20FNO2. The fourth-order valence-electron chi connectivity index (χ4n) is 2.65. The van der Waals surface area contributed by atoms with Crippen molar-refractivity contribution >= 4 is 5.71 Å². The van der Waals surface area contributed by atoms with Crippen LogP contribution in [-0.2, 0) is 4.84 Å². The quantitative estimate of drug-likeness (QED) is 0.773. The summed E-state index contributed by atoms with van der Waals surface area (Å²) >= 11 is 0. The molecule has 0 aliphatic carbocycles. The zero-order chi connectivity index (χ0) is 13.9. The zero-order valence-corrected chi connectivity index (χ0v) is 11.7. The lowest BCUT2D eigenvalue weighted by Crippen LogP contribution is -2.41. The van der Waals surface area contributed by atoms with E-state index in [1.165, 1.54) is 19.2 Å². The van der Waals surface area contributed by atoms with Crippen LogP contribution in [0, 0.1) is 5.82 Å². The SMILES string of the molecule is CCCC1(CC)CC(=NOC)c2cc(F)ccc2O1. The minimum absolute atomic E-state index is 0.253. The van der Waals surface area contributed by atoms with Crippen LogP contribution < -0.4 is 4.74 Å². The summed E-state index contributed by atoms with van der Waals surface area (Å²) in [6, 6.07) is 4.55. The maximum absolute atomic E-state index is 13.4. The van der Waals surface area contributed by atoms with E-state index < -0.39 is 0 Å². The third-order valence-electron chi connectivity index (χ3n) is 3.62. The van der Waals surface area contributed by atoms with Gasteiger partial charge in [0.1, 0.15) is 24.3 Å². The molecule has 0 saturated carbocycles. The van der Waals surface area contributed by atoms with Crippen LogP contribution in [0.25, 0.3) is 0 Å². The van der Waals surface area contributed by atoms with Crippen molar-refractivity contribution in [3.8, 4) is 5.75 Å². The Morgan fingerprint density at radius 1 is 1.42 bits per heavy atom. The van der Waals surface area contributed by atoms with Crippen LogP contribution in [0.3, 0.4) is 0 Å². The molecule has 0 bridgehead atoms. The zero-order valence-electron chi connectivity index (χ0n) is 11.7. The summed E-state index contributed by atoms with van der Waals surface area (Å²) < 4.78 is 19.5. The molecule has 1 atom stereocenters. The minimum Gasteiger partial charge on any atom is -0.486 e. The van der Waals surface area contributed by atoms with Crippen LogP contribution in [0.4, 0.5) is 4.39 Å². The van der Waals surface area contributed by atoms with E-state index in [0.29, 0.717) is 17.7 Å². The number of halogens is 1. The first-order valence-electron chi connectivity index (χ1n) is 6.73. The molecular weight excluding hydrogens is 245 g/mol. The largest absolute Gasteiger partial charge is 0.486 e. The van der Waals surface area contributed by atoms with Gasteiger partial charge < -0.3 is 9.57 Å². The van der Waals surface area contributed by atoms with Gasteiger partial charge in [0, 0.05) is 12.0 Å². The average molecular weight is 265 g/mol. The van der Waals surface area contributed by atoms with Crippen LogP contribution in [0.5, 0.6) is 5.75 Å². The van der Waals surface area contributed by atoms with E-state index in [1.54, 1.807) is 6.07 Å². The van der Waals surface area contributed by atoms with Crippen LogP contribution in [0.2, 0.25) is 0 Å². The van der Waals surface area contributed by atoms with Crippen LogP contribution >= 0.6 is 0 Å². The Morgan fingerprint density at radius 2 is 2.21 bits per heavy atom. The Bertz CT molecular complexity index is 487. The topological polar surface area (TPSA) is 30.8 Å². The van der Waals surface area contributed by atoms with Gasteiger partial charge in [-0.15, -0.1) is 0 Å². The van der Waals surface area contributed by atoms with E-state index in [9.17, 15) is 4.39 Å². The molecule has 3 nitrogen and oxygen atoms in total. The first kappa shape index (κ1) is 13.8. The second-order valence-corrected chi connectivity index (χ2v) is 4.93. The summed E-state index contributed by atoms with van der Waals surface area (Å²) in [6.45, 7) is 4.24. The number of hydrogen-bond acceptors (Lipinski definition) is 3. The molecule has 1 aromatic carbocycles. The van der Waals surface area contributed by atoms with Crippen molar-refractivity contribution in [2.24, 2.45) is 5.16 Å². The van der Waals surface area contributed by atoms with Crippen LogP contribution in [0.15, 0.2) is 23.4 Å². The van der Waals surface area contributed by atoms with Gasteiger partial charge in [-0.2, -0.15) is 0 Å². The van der Waals surface area contributed by atoms with E-state index in [1.807, 2.05) is 0 Å². The fraction of sp³-hybridized carbons (Fsp3) is 0.533. The lowest BCUT2D eigenvalue weighted by molar-refractivity contribution is 0.0544. The van der Waals surface area contributed by atoms with E-state index >= 15 is 0 Å². The van der Waals surface area contributed by atoms with Crippen molar-refractivity contribution in [3.05, 3.63) is 29.6 Å². The molecule has 2 rings (SSSR count). The molecule has 1 aliphatic heterocycles. The highest BCUT2D eigenvalue weighted by molar-refractivity contribution is 6.04. The summed E-state index contributed by atoms with van der Waals surface area (Å²) in [5, 5.41) is 4.06. The Hall–Kier alpha value is -1.58. The Labute approximate surface area is 113 Å². The molecule has 0 saturated heterocycles. The monoisotopic (exact) mass is 265 g/mol. The number of rotatable bonds is 4. The van der Waals surface area contributed by atoms with Gasteiger partial charge in [0.05, 0.1) is 5.71 Å². The molecule has 1 aromatic rings. The smallest absolute Gasteiger partial charge is 0.129 e. The van der Waals surface area contributed by atoms with Gasteiger partial charge in [0.2, 0.25) is 0 Å². The standard InChI is InChI=1S/C15H20FNO2/c1-4-8-15(5-2)10-13(17-18-3)12-9-11(16)6-7-14(12)19-15/h6-7,9H,4-5,8,10H2,1-3H3. The molecule has 104 valence electrons. The van der Waals surface area contributed by atoms with E-state index in [-0.39, 0.29) is 11.4 Å². The first-order chi connectivity index (χ1) is 9.14. The Kier molecular flexibility index (Phi) is 4.08. The number of benzene rings is 1. The van der Waals surface area contributed by atoms with E-state index in [0.717, 1.165) is 25.0 Å². The minimum atomic E-state index is -0.286. The Morgan fingerprint density at radius 3 is 2.84 bits per heavy atom. The van der Waals surface area contributed by atoms with Crippen molar-refractivity contribution in [3.63, 3.8) is 0 Å². The van der Waals surface area contributed by atoms with Gasteiger partial charge in [-0.3, -0.25) is 0 Å². The predicted molar refractivity (Wildman–Crippen MR) is 73.1 cm³/mol. The number of ether oxygens (including phenoxy) is 1. The van der Waals surface area contributed by atoms with E-state index in [4.69, 9.17) is 9.57 Å². The molecule has 4 heteroatoms.